The van der Waals surface area contributed by atoms with Crippen LogP contribution in [-0.2, 0) is 0 Å². The van der Waals surface area contributed by atoms with E-state index in [0.717, 1.165) is 0 Å². The first-order valence-electron chi connectivity index (χ1n) is 5.81. The second kappa shape index (κ2) is 6.23. The summed E-state index contributed by atoms with van der Waals surface area (Å²) in [5, 5.41) is 0. The summed E-state index contributed by atoms with van der Waals surface area (Å²) in [6.07, 6.45) is 3.32. The number of H-pyrrole nitrogens is 2. The Morgan fingerprint density at radius 1 is 0.952 bits per heavy atom. The zero-order valence-corrected chi connectivity index (χ0v) is 10.8. The Hall–Kier alpha value is -3.30. The van der Waals surface area contributed by atoms with E-state index < -0.39 is 0 Å². The van der Waals surface area contributed by atoms with Gasteiger partial charge in [0.15, 0.2) is 11.6 Å². The molecule has 2 aromatic heterocycles. The lowest BCUT2D eigenvalue weighted by Crippen LogP contribution is -2.08. The molecule has 21 heavy (non-hydrogen) atoms. The van der Waals surface area contributed by atoms with Crippen LogP contribution in [0.5, 0.6) is 0 Å². The second-order valence-electron chi connectivity index (χ2n) is 3.84. The largest absolute Gasteiger partial charge is 0.369 e. The maximum absolute atomic E-state index is 11.1. The molecular weight excluding hydrogens is 276 g/mol. The Bertz CT molecular complexity index is 737. The van der Waals surface area contributed by atoms with Crippen molar-refractivity contribution < 1.29 is 0 Å². The molecule has 2 heterocycles. The number of nitrogens with two attached hydrogens (primary N) is 2. The first-order valence-corrected chi connectivity index (χ1v) is 5.81. The van der Waals surface area contributed by atoms with Crippen molar-refractivity contribution in [1.29, 1.82) is 0 Å². The number of nitrogens with zero attached hydrogens (tertiary/aromatic N) is 4. The Morgan fingerprint density at radius 2 is 1.38 bits per heavy atom. The molecule has 0 aliphatic carbocycles. The molecule has 2 aromatic rings. The third kappa shape index (κ3) is 4.38. The number of aromatic amines is 2. The van der Waals surface area contributed by atoms with E-state index in [0.29, 0.717) is 6.42 Å². The number of rotatable bonds is 4. The van der Waals surface area contributed by atoms with E-state index in [4.69, 9.17) is 11.5 Å². The molecule has 0 spiro atoms. The summed E-state index contributed by atoms with van der Waals surface area (Å²) in [6.45, 7) is 0. The highest BCUT2D eigenvalue weighted by atomic mass is 16.1. The zero-order valence-electron chi connectivity index (χ0n) is 10.8. The molecule has 6 N–H and O–H groups in total. The molecule has 0 saturated carbocycles. The van der Waals surface area contributed by atoms with Gasteiger partial charge in [-0.1, -0.05) is 0 Å². The first-order chi connectivity index (χ1) is 10.0. The minimum Gasteiger partial charge on any atom is -0.369 e. The summed E-state index contributed by atoms with van der Waals surface area (Å²) < 4.78 is 0. The minimum atomic E-state index is -0.383. The van der Waals surface area contributed by atoms with Gasteiger partial charge in [-0.3, -0.25) is 19.6 Å². The smallest absolute Gasteiger partial charge is 0.254 e. The summed E-state index contributed by atoms with van der Waals surface area (Å²) in [6, 6.07) is 2.42. The van der Waals surface area contributed by atoms with Crippen LogP contribution < -0.4 is 22.6 Å². The number of hydrogen-bond donors (Lipinski definition) is 4. The molecule has 10 nitrogen and oxygen atoms in total. The fourth-order valence-corrected chi connectivity index (χ4v) is 1.40. The van der Waals surface area contributed by atoms with Crippen LogP contribution in [0.25, 0.3) is 0 Å². The van der Waals surface area contributed by atoms with E-state index in [-0.39, 0.29) is 34.7 Å². The van der Waals surface area contributed by atoms with Crippen LogP contribution in [0.2, 0.25) is 0 Å². The molecule has 0 bridgehead atoms. The van der Waals surface area contributed by atoms with Crippen molar-refractivity contribution in [2.45, 2.75) is 6.42 Å². The summed E-state index contributed by atoms with van der Waals surface area (Å²) in [7, 11) is 0. The lowest BCUT2D eigenvalue weighted by molar-refractivity contribution is 1.12. The van der Waals surface area contributed by atoms with Gasteiger partial charge in [0.2, 0.25) is 11.9 Å². The molecule has 0 unspecified atom stereocenters. The van der Waals surface area contributed by atoms with E-state index in [1.54, 1.807) is 0 Å². The van der Waals surface area contributed by atoms with Gasteiger partial charge in [0, 0.05) is 31.0 Å². The standard InChI is InChI=1S/C11H12N8O2/c12-10-16-6(4-8(20)18-10)14-2-1-3-15-7-5-9(21)19-11(13)17-7/h2-5H,1H2,(H3,12,16,18,20)(H3,13,17,19,21)/b14-2+,15-3?. The van der Waals surface area contributed by atoms with Crippen LogP contribution in [0, 0.1) is 0 Å². The van der Waals surface area contributed by atoms with Crippen LogP contribution >= 0.6 is 0 Å². The molecule has 0 radical (unpaired) electrons. The van der Waals surface area contributed by atoms with Crippen LogP contribution in [0.4, 0.5) is 23.5 Å². The monoisotopic (exact) mass is 288 g/mol. The highest BCUT2D eigenvalue weighted by Gasteiger charge is 1.95. The Kier molecular flexibility index (Phi) is 4.19. The topological polar surface area (TPSA) is 168 Å². The quantitative estimate of drug-likeness (QED) is 0.553. The van der Waals surface area contributed by atoms with E-state index >= 15 is 0 Å². The highest BCUT2D eigenvalue weighted by molar-refractivity contribution is 5.81. The summed E-state index contributed by atoms with van der Waals surface area (Å²) >= 11 is 0. The molecule has 2 rings (SSSR count). The van der Waals surface area contributed by atoms with Crippen LogP contribution in [-0.4, -0.2) is 32.4 Å². The molecule has 0 aliphatic rings. The van der Waals surface area contributed by atoms with Crippen molar-refractivity contribution in [2.75, 3.05) is 11.5 Å². The minimum absolute atomic E-state index is 0.00787. The maximum atomic E-state index is 11.1. The van der Waals surface area contributed by atoms with Gasteiger partial charge in [0.05, 0.1) is 0 Å². The van der Waals surface area contributed by atoms with Gasteiger partial charge in [0.1, 0.15) is 0 Å². The van der Waals surface area contributed by atoms with E-state index in [1.807, 2.05) is 0 Å². The fourth-order valence-electron chi connectivity index (χ4n) is 1.40. The van der Waals surface area contributed by atoms with Gasteiger partial charge in [-0.25, -0.2) is 9.98 Å². The summed E-state index contributed by atoms with van der Waals surface area (Å²) in [5.74, 6) is 0.379. The lowest BCUT2D eigenvalue weighted by atomic mass is 10.5. The van der Waals surface area contributed by atoms with Gasteiger partial charge in [-0.05, 0) is 0 Å². The average Bonchev–Trinajstić information content (AvgIpc) is 2.36. The molecule has 10 heteroatoms. The number of nitrogen functional groups attached to an aromatic ring is 2. The lowest BCUT2D eigenvalue weighted by Gasteiger charge is -1.94. The molecule has 0 fully saturated rings. The van der Waals surface area contributed by atoms with Gasteiger partial charge in [-0.2, -0.15) is 9.97 Å². The average molecular weight is 288 g/mol. The van der Waals surface area contributed by atoms with E-state index in [2.05, 4.69) is 29.9 Å². The van der Waals surface area contributed by atoms with Gasteiger partial charge < -0.3 is 11.5 Å². The van der Waals surface area contributed by atoms with E-state index in [9.17, 15) is 9.59 Å². The first kappa shape index (κ1) is 14.1. The number of hydrogen-bond acceptors (Lipinski definition) is 8. The highest BCUT2D eigenvalue weighted by Crippen LogP contribution is 2.05. The number of nitrogens with one attached hydrogen (secondary N) is 2. The molecule has 0 atom stereocenters. The third-order valence-electron chi connectivity index (χ3n) is 2.15. The maximum Gasteiger partial charge on any atom is 0.254 e. The van der Waals surface area contributed by atoms with Gasteiger partial charge in [0.25, 0.3) is 11.1 Å². The zero-order chi connectivity index (χ0) is 15.2. The van der Waals surface area contributed by atoms with Gasteiger partial charge >= 0.3 is 0 Å². The SMILES string of the molecule is Nc1nc(N=CC/C=N/c2cc(=O)[nH]c(N)n2)cc(=O)[nH]1. The molecule has 0 aliphatic heterocycles. The van der Waals surface area contributed by atoms with E-state index in [1.165, 1.54) is 24.6 Å². The van der Waals surface area contributed by atoms with Crippen molar-refractivity contribution >= 4 is 36.0 Å². The molecular formula is C11H12N8O2. The number of aromatic nitrogens is 4. The Labute approximate surface area is 117 Å². The van der Waals surface area contributed by atoms with Crippen molar-refractivity contribution in [2.24, 2.45) is 9.98 Å². The van der Waals surface area contributed by atoms with Crippen LogP contribution in [0.3, 0.4) is 0 Å². The predicted molar refractivity (Wildman–Crippen MR) is 79.5 cm³/mol. The van der Waals surface area contributed by atoms with Crippen LogP contribution in [0.15, 0.2) is 31.7 Å². The summed E-state index contributed by atoms with van der Waals surface area (Å²) in [4.78, 5) is 42.4. The van der Waals surface area contributed by atoms with Crippen LogP contribution in [0.1, 0.15) is 6.42 Å². The Morgan fingerprint density at radius 3 is 1.76 bits per heavy atom. The Balaban J connectivity index is 2.00. The fraction of sp³-hybridized carbons (Fsp3) is 0.0909. The molecule has 108 valence electrons. The summed E-state index contributed by atoms with van der Waals surface area (Å²) in [5.41, 5.74) is 9.98. The van der Waals surface area contributed by atoms with Crippen molar-refractivity contribution in [3.8, 4) is 0 Å². The van der Waals surface area contributed by atoms with Gasteiger partial charge in [-0.15, -0.1) is 0 Å². The van der Waals surface area contributed by atoms with Crippen molar-refractivity contribution in [3.05, 3.63) is 32.8 Å². The third-order valence-corrected chi connectivity index (χ3v) is 2.15. The predicted octanol–water partition coefficient (Wildman–Crippen LogP) is -0.488. The second-order valence-corrected chi connectivity index (χ2v) is 3.84. The van der Waals surface area contributed by atoms with Crippen molar-refractivity contribution in [3.63, 3.8) is 0 Å². The molecule has 0 saturated heterocycles. The molecule has 0 aromatic carbocycles. The molecule has 0 amide bonds. The number of anilines is 2. The normalized spacial score (nSPS) is 11.4. The van der Waals surface area contributed by atoms with Crippen molar-refractivity contribution in [1.82, 2.24) is 19.9 Å². The number of aliphatic imine (C=N–C) groups is 2.